The van der Waals surface area contributed by atoms with Gasteiger partial charge in [0.1, 0.15) is 0 Å². The van der Waals surface area contributed by atoms with Crippen molar-refractivity contribution in [1.29, 1.82) is 0 Å². The minimum Gasteiger partial charge on any atom is -0.383 e. The molecule has 1 saturated heterocycles. The lowest BCUT2D eigenvalue weighted by Gasteiger charge is -2.35. The van der Waals surface area contributed by atoms with Crippen LogP contribution in [0.2, 0.25) is 5.02 Å². The van der Waals surface area contributed by atoms with Gasteiger partial charge in [-0.3, -0.25) is 9.80 Å². The van der Waals surface area contributed by atoms with Crippen molar-refractivity contribution in [2.24, 2.45) is 0 Å². The van der Waals surface area contributed by atoms with Crippen molar-refractivity contribution < 1.29 is 0 Å². The van der Waals surface area contributed by atoms with Gasteiger partial charge in [0.05, 0.1) is 10.7 Å². The van der Waals surface area contributed by atoms with Gasteiger partial charge >= 0.3 is 0 Å². The van der Waals surface area contributed by atoms with Crippen LogP contribution in [0.3, 0.4) is 0 Å². The van der Waals surface area contributed by atoms with Gasteiger partial charge in [0.25, 0.3) is 0 Å². The normalized spacial score (nSPS) is 17.3. The van der Waals surface area contributed by atoms with E-state index in [1.165, 1.54) is 19.6 Å². The Kier molecular flexibility index (Phi) is 6.77. The zero-order valence-electron chi connectivity index (χ0n) is 13.2. The number of benzene rings is 1. The molecule has 1 fully saturated rings. The van der Waals surface area contributed by atoms with E-state index >= 15 is 0 Å². The van der Waals surface area contributed by atoms with Crippen molar-refractivity contribution in [3.05, 3.63) is 29.3 Å². The van der Waals surface area contributed by atoms with Crippen molar-refractivity contribution in [3.63, 3.8) is 0 Å². The molecule has 21 heavy (non-hydrogen) atoms. The highest BCUT2D eigenvalue weighted by Crippen LogP contribution is 2.19. The van der Waals surface area contributed by atoms with Crippen molar-refractivity contribution in [3.8, 4) is 0 Å². The molecule has 0 spiro atoms. The number of hydrogen-bond donors (Lipinski definition) is 1. The van der Waals surface area contributed by atoms with E-state index in [1.807, 2.05) is 24.3 Å². The summed E-state index contributed by atoms with van der Waals surface area (Å²) in [5.74, 6) is 0. The highest BCUT2D eigenvalue weighted by atomic mass is 35.5. The van der Waals surface area contributed by atoms with E-state index in [1.54, 1.807) is 0 Å². The van der Waals surface area contributed by atoms with E-state index in [9.17, 15) is 0 Å². The van der Waals surface area contributed by atoms with Crippen LogP contribution < -0.4 is 5.32 Å². The van der Waals surface area contributed by atoms with Gasteiger partial charge in [0.2, 0.25) is 0 Å². The first kappa shape index (κ1) is 16.6. The molecule has 2 rings (SSSR count). The predicted octanol–water partition coefficient (Wildman–Crippen LogP) is 1.93. The first-order valence-electron chi connectivity index (χ1n) is 7.73. The zero-order valence-corrected chi connectivity index (χ0v) is 13.9. The number of piperazine rings is 1. The summed E-state index contributed by atoms with van der Waals surface area (Å²) in [5, 5.41) is 4.21. The van der Waals surface area contributed by atoms with Crippen molar-refractivity contribution >= 4 is 17.3 Å². The number of hydrogen-bond acceptors (Lipinski definition) is 4. The molecule has 0 saturated carbocycles. The average molecular weight is 311 g/mol. The zero-order chi connectivity index (χ0) is 15.1. The van der Waals surface area contributed by atoms with Gasteiger partial charge in [-0.25, -0.2) is 0 Å². The quantitative estimate of drug-likeness (QED) is 0.830. The third-order valence-corrected chi connectivity index (χ3v) is 4.28. The van der Waals surface area contributed by atoms with Crippen LogP contribution >= 0.6 is 11.6 Å². The van der Waals surface area contributed by atoms with Crippen molar-refractivity contribution in [2.75, 3.05) is 71.8 Å². The van der Waals surface area contributed by atoms with Crippen LogP contribution in [0, 0.1) is 0 Å². The average Bonchev–Trinajstić information content (AvgIpc) is 2.48. The van der Waals surface area contributed by atoms with E-state index in [0.29, 0.717) is 0 Å². The van der Waals surface area contributed by atoms with Crippen molar-refractivity contribution in [2.45, 2.75) is 0 Å². The lowest BCUT2D eigenvalue weighted by Crippen LogP contribution is -2.48. The summed E-state index contributed by atoms with van der Waals surface area (Å²) in [6.07, 6.45) is 0. The van der Waals surface area contributed by atoms with Crippen LogP contribution in [0.25, 0.3) is 0 Å². The number of nitrogens with zero attached hydrogens (tertiary/aromatic N) is 3. The van der Waals surface area contributed by atoms with Crippen molar-refractivity contribution in [1.82, 2.24) is 14.7 Å². The van der Waals surface area contributed by atoms with Gasteiger partial charge in [0.15, 0.2) is 0 Å². The molecule has 0 bridgehead atoms. The Balaban J connectivity index is 1.62. The van der Waals surface area contributed by atoms with E-state index in [-0.39, 0.29) is 0 Å². The first-order valence-corrected chi connectivity index (χ1v) is 8.11. The van der Waals surface area contributed by atoms with Crippen LogP contribution in [0.1, 0.15) is 0 Å². The molecule has 118 valence electrons. The maximum Gasteiger partial charge on any atom is 0.0637 e. The molecular weight excluding hydrogens is 284 g/mol. The Morgan fingerprint density at radius 1 is 1.05 bits per heavy atom. The fourth-order valence-electron chi connectivity index (χ4n) is 2.53. The minimum atomic E-state index is 0.797. The Labute approximate surface area is 133 Å². The summed E-state index contributed by atoms with van der Waals surface area (Å²) >= 11 is 6.14. The van der Waals surface area contributed by atoms with Gasteiger partial charge in [-0.1, -0.05) is 23.7 Å². The molecule has 0 atom stereocenters. The molecule has 1 aliphatic heterocycles. The van der Waals surface area contributed by atoms with Gasteiger partial charge in [-0.2, -0.15) is 0 Å². The summed E-state index contributed by atoms with van der Waals surface area (Å²) in [6.45, 7) is 9.04. The number of halogens is 1. The second-order valence-electron chi connectivity index (χ2n) is 5.89. The Hall–Kier alpha value is -0.810. The minimum absolute atomic E-state index is 0.797. The molecule has 0 amide bonds. The van der Waals surface area contributed by atoms with Gasteiger partial charge in [0, 0.05) is 52.4 Å². The third kappa shape index (κ3) is 5.83. The van der Waals surface area contributed by atoms with Crippen LogP contribution in [0.15, 0.2) is 24.3 Å². The summed E-state index contributed by atoms with van der Waals surface area (Å²) in [4.78, 5) is 7.33. The molecule has 0 aliphatic carbocycles. The van der Waals surface area contributed by atoms with Crippen LogP contribution in [-0.4, -0.2) is 81.2 Å². The topological polar surface area (TPSA) is 21.8 Å². The number of rotatable bonds is 7. The number of likely N-dealkylation sites (N-methyl/N-ethyl adjacent to an activating group) is 1. The third-order valence-electron chi connectivity index (χ3n) is 3.95. The van der Waals surface area contributed by atoms with Gasteiger partial charge in [-0.15, -0.1) is 0 Å². The second-order valence-corrected chi connectivity index (χ2v) is 6.30. The maximum atomic E-state index is 6.14. The first-order chi connectivity index (χ1) is 10.1. The molecule has 1 heterocycles. The van der Waals surface area contributed by atoms with Gasteiger partial charge in [-0.05, 0) is 26.2 Å². The smallest absolute Gasteiger partial charge is 0.0637 e. The Morgan fingerprint density at radius 2 is 1.67 bits per heavy atom. The molecule has 1 N–H and O–H groups in total. The summed E-state index contributed by atoms with van der Waals surface area (Å²) in [6, 6.07) is 7.92. The fraction of sp³-hybridized carbons (Fsp3) is 0.625. The molecule has 1 aliphatic rings. The summed E-state index contributed by atoms with van der Waals surface area (Å²) in [5.41, 5.74) is 1.03. The highest BCUT2D eigenvalue weighted by molar-refractivity contribution is 6.33. The predicted molar refractivity (Wildman–Crippen MR) is 91.4 cm³/mol. The van der Waals surface area contributed by atoms with Crippen LogP contribution in [0.4, 0.5) is 5.69 Å². The van der Waals surface area contributed by atoms with E-state index in [4.69, 9.17) is 11.6 Å². The van der Waals surface area contributed by atoms with E-state index in [2.05, 4.69) is 34.1 Å². The molecule has 4 nitrogen and oxygen atoms in total. The molecule has 0 radical (unpaired) electrons. The maximum absolute atomic E-state index is 6.14. The van der Waals surface area contributed by atoms with E-state index < -0.39 is 0 Å². The van der Waals surface area contributed by atoms with Gasteiger partial charge < -0.3 is 10.2 Å². The molecule has 0 unspecified atom stereocenters. The fourth-order valence-corrected chi connectivity index (χ4v) is 2.73. The summed E-state index contributed by atoms with van der Waals surface area (Å²) < 4.78 is 0. The van der Waals surface area contributed by atoms with Crippen LogP contribution in [0.5, 0.6) is 0 Å². The molecule has 0 aromatic heterocycles. The Bertz CT molecular complexity index is 416. The largest absolute Gasteiger partial charge is 0.383 e. The monoisotopic (exact) mass is 310 g/mol. The van der Waals surface area contributed by atoms with Crippen LogP contribution in [-0.2, 0) is 0 Å². The molecule has 1 aromatic carbocycles. The molecule has 5 heteroatoms. The lowest BCUT2D eigenvalue weighted by molar-refractivity contribution is 0.128. The number of anilines is 1. The van der Waals surface area contributed by atoms with E-state index in [0.717, 1.165) is 43.4 Å². The number of nitrogens with one attached hydrogen (secondary N) is 1. The molecular formula is C16H27ClN4. The standard InChI is InChI=1S/C16H27ClN4/c1-19(2)9-10-21-13-11-20(12-14-21)8-7-18-16-6-4-3-5-15(16)17/h3-6,18H,7-14H2,1-2H3. The Morgan fingerprint density at radius 3 is 2.29 bits per heavy atom. The lowest BCUT2D eigenvalue weighted by atomic mass is 10.3. The second kappa shape index (κ2) is 8.59. The number of para-hydroxylation sites is 1. The molecule has 1 aromatic rings. The summed E-state index contributed by atoms with van der Waals surface area (Å²) in [7, 11) is 4.27. The SMILES string of the molecule is CN(C)CCN1CCN(CCNc2ccccc2Cl)CC1. The highest BCUT2D eigenvalue weighted by Gasteiger charge is 2.16.